The van der Waals surface area contributed by atoms with Crippen LogP contribution < -0.4 is 32.0 Å². The molecule has 19 nitrogen and oxygen atoms in total. The van der Waals surface area contributed by atoms with Gasteiger partial charge in [-0.3, -0.25) is 35.0 Å². The van der Waals surface area contributed by atoms with Crippen molar-refractivity contribution in [2.24, 2.45) is 0 Å². The summed E-state index contributed by atoms with van der Waals surface area (Å²) >= 11 is 24.0. The summed E-state index contributed by atoms with van der Waals surface area (Å²) in [6, 6.07) is 25.4. The lowest BCUT2D eigenvalue weighted by Crippen LogP contribution is -2.34. The van der Waals surface area contributed by atoms with Crippen LogP contribution in [0.2, 0.25) is 20.1 Å². The number of carboxylic acids is 1. The molecule has 6 aromatic rings. The molecule has 0 saturated heterocycles. The average molecular weight is 1010 g/mol. The van der Waals surface area contributed by atoms with E-state index in [0.717, 1.165) is 0 Å². The van der Waals surface area contributed by atoms with Crippen molar-refractivity contribution in [3.8, 4) is 17.0 Å². The summed E-state index contributed by atoms with van der Waals surface area (Å²) in [4.78, 5) is 75.7. The SMILES string of the molecule is CCNc1ncc(-c2cc(N)cc(C(=O)O)c2)n(CC(=O)NCc2ccc(C(=N)NC(=O)OCc3c(Cl)cccc3Cl)cc2)c1=O.O=C(OCc1c(Cl)cccc1Cl)Oc1ccc([N+](=O)[O-])cc1. The first-order valence-electron chi connectivity index (χ1n) is 19.7. The van der Waals surface area contributed by atoms with Gasteiger partial charge in [0.15, 0.2) is 5.82 Å². The van der Waals surface area contributed by atoms with E-state index in [9.17, 15) is 39.2 Å². The number of halogens is 4. The van der Waals surface area contributed by atoms with Crippen LogP contribution in [0.5, 0.6) is 5.75 Å². The zero-order chi connectivity index (χ0) is 49.5. The number of aromatic nitrogens is 2. The minimum absolute atomic E-state index is 0.0320. The number of amides is 2. The second-order valence-corrected chi connectivity index (χ2v) is 15.5. The van der Waals surface area contributed by atoms with Gasteiger partial charge in [-0.2, -0.15) is 0 Å². The van der Waals surface area contributed by atoms with Gasteiger partial charge < -0.3 is 35.7 Å². The third-order valence-electron chi connectivity index (χ3n) is 9.21. The Balaban J connectivity index is 0.000000327. The number of non-ortho nitro benzene ring substituents is 1. The second kappa shape index (κ2) is 24.2. The Labute approximate surface area is 406 Å². The van der Waals surface area contributed by atoms with Gasteiger partial charge in [0.05, 0.1) is 22.4 Å². The molecule has 0 fully saturated rings. The van der Waals surface area contributed by atoms with Gasteiger partial charge in [-0.25, -0.2) is 19.4 Å². The maximum absolute atomic E-state index is 13.2. The predicted molar refractivity (Wildman–Crippen MR) is 255 cm³/mol. The van der Waals surface area contributed by atoms with E-state index in [1.165, 1.54) is 53.2 Å². The highest BCUT2D eigenvalue weighted by molar-refractivity contribution is 6.36. The molecule has 7 N–H and O–H groups in total. The van der Waals surface area contributed by atoms with Gasteiger partial charge in [0.25, 0.3) is 11.2 Å². The van der Waals surface area contributed by atoms with Crippen molar-refractivity contribution in [3.05, 3.63) is 178 Å². The molecule has 0 spiro atoms. The van der Waals surface area contributed by atoms with Crippen LogP contribution in [-0.4, -0.2) is 56.1 Å². The minimum Gasteiger partial charge on any atom is -0.478 e. The van der Waals surface area contributed by atoms with Crippen LogP contribution in [0.25, 0.3) is 11.3 Å². The highest BCUT2D eigenvalue weighted by Crippen LogP contribution is 2.27. The van der Waals surface area contributed by atoms with Crippen LogP contribution in [0.1, 0.15) is 39.5 Å². The van der Waals surface area contributed by atoms with Crippen molar-refractivity contribution in [2.75, 3.05) is 17.6 Å². The van der Waals surface area contributed by atoms with Crippen LogP contribution in [0.3, 0.4) is 0 Å². The first kappa shape index (κ1) is 51.3. The number of anilines is 2. The summed E-state index contributed by atoms with van der Waals surface area (Å²) in [5.41, 5.74) is 7.79. The molecule has 0 aliphatic carbocycles. The molecular weight excluding hydrogens is 970 g/mol. The number of hydrogen-bond donors (Lipinski definition) is 6. The highest BCUT2D eigenvalue weighted by atomic mass is 35.5. The molecule has 2 amide bonds. The largest absolute Gasteiger partial charge is 0.514 e. The third-order valence-corrected chi connectivity index (χ3v) is 10.6. The lowest BCUT2D eigenvalue weighted by atomic mass is 10.1. The van der Waals surface area contributed by atoms with Gasteiger partial charge >= 0.3 is 18.2 Å². The van der Waals surface area contributed by atoms with E-state index in [1.807, 2.05) is 0 Å². The molecule has 0 atom stereocenters. The normalized spacial score (nSPS) is 10.4. The summed E-state index contributed by atoms with van der Waals surface area (Å²) in [7, 11) is 0. The van der Waals surface area contributed by atoms with Crippen LogP contribution in [0.4, 0.5) is 26.8 Å². The molecule has 352 valence electrons. The van der Waals surface area contributed by atoms with Gasteiger partial charge in [-0.15, -0.1) is 0 Å². The molecule has 0 saturated carbocycles. The lowest BCUT2D eigenvalue weighted by Gasteiger charge is -2.15. The van der Waals surface area contributed by atoms with E-state index in [2.05, 4.69) is 20.9 Å². The number of nitrogen functional groups attached to an aromatic ring is 1. The van der Waals surface area contributed by atoms with E-state index in [4.69, 9.17) is 71.8 Å². The Kier molecular flexibility index (Phi) is 18.2. The van der Waals surface area contributed by atoms with Crippen molar-refractivity contribution in [1.82, 2.24) is 20.2 Å². The van der Waals surface area contributed by atoms with Crippen LogP contribution in [0.15, 0.2) is 114 Å². The highest BCUT2D eigenvalue weighted by Gasteiger charge is 2.18. The standard InChI is InChI=1S/C31H29Cl2N7O6.C14H9Cl2NO5/c1-2-36-28-29(42)40(25(14-38-28)19-10-20(30(43)44)12-21(34)11-19)15-26(41)37-13-17-6-8-18(9-7-17)27(35)39-31(45)46-16-22-23(32)4-3-5-24(22)33;15-12-2-1-3-13(16)11(12)8-21-14(18)22-10-6-4-9(5-7-10)17(19)20/h3-12,14H,2,13,15-16,34H2,1H3,(H,36,38)(H,37,41)(H,43,44)(H2,35,39,45);1-7H,8H2. The maximum Gasteiger partial charge on any atom is 0.514 e. The monoisotopic (exact) mass is 1010 g/mol. The molecule has 1 aromatic heterocycles. The van der Waals surface area contributed by atoms with E-state index in [1.54, 1.807) is 67.6 Å². The molecule has 68 heavy (non-hydrogen) atoms. The zero-order valence-corrected chi connectivity index (χ0v) is 38.4. The fourth-order valence-electron chi connectivity index (χ4n) is 5.86. The topological polar surface area (TPSA) is 280 Å². The average Bonchev–Trinajstić information content (AvgIpc) is 3.29. The van der Waals surface area contributed by atoms with Crippen LogP contribution >= 0.6 is 46.4 Å². The van der Waals surface area contributed by atoms with Gasteiger partial charge in [-0.05, 0) is 67.1 Å². The number of aromatic carboxylic acids is 1. The Hall–Kier alpha value is -7.71. The predicted octanol–water partition coefficient (Wildman–Crippen LogP) is 9.11. The number of nitro benzene ring substituents is 1. The Morgan fingerprint density at radius 3 is 1.99 bits per heavy atom. The number of amidine groups is 1. The molecule has 1 heterocycles. The van der Waals surface area contributed by atoms with E-state index in [-0.39, 0.29) is 66.3 Å². The van der Waals surface area contributed by atoms with Crippen molar-refractivity contribution in [1.29, 1.82) is 5.41 Å². The number of nitro groups is 1. The molecule has 23 heteroatoms. The van der Waals surface area contributed by atoms with Gasteiger partial charge in [0.2, 0.25) is 5.91 Å². The minimum atomic E-state index is -1.20. The lowest BCUT2D eigenvalue weighted by molar-refractivity contribution is -0.384. The second-order valence-electron chi connectivity index (χ2n) is 13.9. The quantitative estimate of drug-likeness (QED) is 0.0106. The summed E-state index contributed by atoms with van der Waals surface area (Å²) < 4.78 is 16.1. The molecule has 0 aliphatic heterocycles. The number of carbonyl (C=O) groups is 4. The number of alkyl carbamates (subject to hydrolysis) is 1. The smallest absolute Gasteiger partial charge is 0.478 e. The summed E-state index contributed by atoms with van der Waals surface area (Å²) in [6.45, 7) is 1.58. The van der Waals surface area contributed by atoms with Gasteiger partial charge in [0.1, 0.15) is 31.3 Å². The Bertz CT molecular complexity index is 2880. The number of benzene rings is 5. The molecule has 0 unspecified atom stereocenters. The van der Waals surface area contributed by atoms with Gasteiger partial charge in [-0.1, -0.05) is 82.8 Å². The Morgan fingerprint density at radius 2 is 1.43 bits per heavy atom. The number of nitrogens with one attached hydrogen (secondary N) is 4. The molecular formula is C45H38Cl4N8O11. The fourth-order valence-corrected chi connectivity index (χ4v) is 6.87. The number of carbonyl (C=O) groups excluding carboxylic acids is 3. The number of ether oxygens (including phenoxy) is 3. The fraction of sp³-hybridized carbons (Fsp3) is 0.133. The van der Waals surface area contributed by atoms with Crippen molar-refractivity contribution >= 4 is 93.6 Å². The van der Waals surface area contributed by atoms with Crippen LogP contribution in [-0.2, 0) is 40.6 Å². The van der Waals surface area contributed by atoms with E-state index in [0.29, 0.717) is 54.5 Å². The van der Waals surface area contributed by atoms with Crippen molar-refractivity contribution in [2.45, 2.75) is 33.2 Å². The first-order valence-corrected chi connectivity index (χ1v) is 21.3. The van der Waals surface area contributed by atoms with Crippen molar-refractivity contribution in [3.63, 3.8) is 0 Å². The number of nitrogens with two attached hydrogens (primary N) is 1. The summed E-state index contributed by atoms with van der Waals surface area (Å²) in [5.74, 6) is -1.75. The zero-order valence-electron chi connectivity index (χ0n) is 35.4. The molecule has 0 bridgehead atoms. The van der Waals surface area contributed by atoms with E-state index < -0.39 is 34.6 Å². The van der Waals surface area contributed by atoms with Crippen LogP contribution in [0, 0.1) is 15.5 Å². The number of hydrogen-bond acceptors (Lipinski definition) is 14. The molecule has 0 radical (unpaired) electrons. The van der Waals surface area contributed by atoms with E-state index >= 15 is 0 Å². The Morgan fingerprint density at radius 1 is 0.838 bits per heavy atom. The molecule has 5 aromatic carbocycles. The number of rotatable bonds is 15. The maximum atomic E-state index is 13.2. The third kappa shape index (κ3) is 14.4. The molecule has 6 rings (SSSR count). The number of nitrogens with zero attached hydrogens (tertiary/aromatic N) is 3. The summed E-state index contributed by atoms with van der Waals surface area (Å²) in [5, 5.41) is 37.5. The number of carboxylic acid groups (broad SMARTS) is 1. The molecule has 0 aliphatic rings. The first-order chi connectivity index (χ1) is 32.4. The van der Waals surface area contributed by atoms with Gasteiger partial charge in [0, 0.05) is 73.3 Å². The summed E-state index contributed by atoms with van der Waals surface area (Å²) in [6.07, 6.45) is -0.459. The van der Waals surface area contributed by atoms with Crippen molar-refractivity contribution < 1.29 is 43.4 Å².